The molecule has 2 heterocycles. The molecular weight excluding hydrogens is 556 g/mol. The molecule has 0 bridgehead atoms. The van der Waals surface area contributed by atoms with Crippen molar-refractivity contribution in [1.82, 2.24) is 15.1 Å². The molecule has 2 aliphatic heterocycles. The van der Waals surface area contributed by atoms with Gasteiger partial charge in [-0.2, -0.15) is 0 Å². The molecule has 1 aliphatic carbocycles. The molecular formula is C35H54N4O5. The van der Waals surface area contributed by atoms with Crippen molar-refractivity contribution in [2.24, 2.45) is 21.7 Å². The van der Waals surface area contributed by atoms with Crippen molar-refractivity contribution in [3.63, 3.8) is 0 Å². The van der Waals surface area contributed by atoms with Crippen LogP contribution in [0.4, 0.5) is 0 Å². The first-order valence-electron chi connectivity index (χ1n) is 16.5. The van der Waals surface area contributed by atoms with Gasteiger partial charge in [-0.15, -0.1) is 0 Å². The maximum Gasteiger partial charge on any atom is 0.305 e. The number of nitrogens with one attached hydrogen (secondary N) is 1. The highest BCUT2D eigenvalue weighted by molar-refractivity contribution is 6.39. The van der Waals surface area contributed by atoms with Crippen LogP contribution in [-0.4, -0.2) is 76.5 Å². The van der Waals surface area contributed by atoms with Gasteiger partial charge >= 0.3 is 5.97 Å². The molecule has 4 rings (SSSR count). The van der Waals surface area contributed by atoms with Crippen LogP contribution in [0.3, 0.4) is 0 Å². The Bertz CT molecular complexity index is 1200. The molecule has 44 heavy (non-hydrogen) atoms. The van der Waals surface area contributed by atoms with Gasteiger partial charge in [0, 0.05) is 18.7 Å². The van der Waals surface area contributed by atoms with Crippen molar-refractivity contribution in [3.8, 4) is 0 Å². The van der Waals surface area contributed by atoms with Crippen LogP contribution in [0.25, 0.3) is 0 Å². The summed E-state index contributed by atoms with van der Waals surface area (Å²) >= 11 is 0. The van der Waals surface area contributed by atoms with Gasteiger partial charge in [-0.25, -0.2) is 4.99 Å². The van der Waals surface area contributed by atoms with Crippen LogP contribution in [-0.2, 0) is 14.3 Å². The Kier molecular flexibility index (Phi) is 10.5. The molecule has 9 nitrogen and oxygen atoms in total. The van der Waals surface area contributed by atoms with Crippen LogP contribution in [0, 0.1) is 16.7 Å². The number of aliphatic imine (C=N–C) groups is 1. The van der Waals surface area contributed by atoms with Gasteiger partial charge in [-0.1, -0.05) is 60.6 Å². The number of hydrogen-bond donors (Lipinski definition) is 2. The van der Waals surface area contributed by atoms with Gasteiger partial charge in [0.05, 0.1) is 31.7 Å². The number of hydrogen-bond acceptors (Lipinski definition) is 6. The van der Waals surface area contributed by atoms with E-state index in [1.54, 1.807) is 12.1 Å². The molecule has 1 aromatic carbocycles. The number of aliphatic carboxylic acids is 1. The molecule has 2 N–H and O–H groups in total. The van der Waals surface area contributed by atoms with Crippen LogP contribution < -0.4 is 5.32 Å². The summed E-state index contributed by atoms with van der Waals surface area (Å²) in [6, 6.07) is 7.43. The van der Waals surface area contributed by atoms with E-state index in [-0.39, 0.29) is 47.7 Å². The third-order valence-electron chi connectivity index (χ3n) is 9.82. The molecule has 0 radical (unpaired) electrons. The van der Waals surface area contributed by atoms with E-state index in [1.807, 2.05) is 12.1 Å². The number of ether oxygens (including phenoxy) is 1. The second-order valence-electron chi connectivity index (χ2n) is 15.2. The van der Waals surface area contributed by atoms with E-state index in [9.17, 15) is 14.4 Å². The molecule has 0 aromatic heterocycles. The SMILES string of the molecule is CCC1COCCN1C1=NC2(CCC(C(C)(C)C)CC2)N([C@H](CCC(C)(C)C)c2ccc(C(=O)NCCC(=O)O)cc2)C1=O. The average Bonchev–Trinajstić information content (AvgIpc) is 3.23. The second-order valence-corrected chi connectivity index (χ2v) is 15.2. The number of nitrogens with zero attached hydrogens (tertiary/aromatic N) is 3. The number of rotatable bonds is 9. The zero-order valence-electron chi connectivity index (χ0n) is 27.9. The largest absolute Gasteiger partial charge is 0.481 e. The Balaban J connectivity index is 1.71. The number of benzene rings is 1. The molecule has 1 unspecified atom stereocenters. The first-order chi connectivity index (χ1) is 20.6. The molecule has 244 valence electrons. The Morgan fingerprint density at radius 3 is 2.34 bits per heavy atom. The molecule has 3 aliphatic rings. The lowest BCUT2D eigenvalue weighted by molar-refractivity contribution is -0.137. The summed E-state index contributed by atoms with van der Waals surface area (Å²) in [6.45, 7) is 17.7. The van der Waals surface area contributed by atoms with E-state index < -0.39 is 11.6 Å². The van der Waals surface area contributed by atoms with E-state index in [0.29, 0.717) is 37.1 Å². The van der Waals surface area contributed by atoms with Crippen LogP contribution in [0.5, 0.6) is 0 Å². The zero-order chi connectivity index (χ0) is 32.3. The van der Waals surface area contributed by atoms with Crippen LogP contribution >= 0.6 is 0 Å². The van der Waals surface area contributed by atoms with Gasteiger partial charge in [0.2, 0.25) is 0 Å². The quantitative estimate of drug-likeness (QED) is 0.353. The monoisotopic (exact) mass is 610 g/mol. The summed E-state index contributed by atoms with van der Waals surface area (Å²) in [5.41, 5.74) is 1.14. The zero-order valence-corrected chi connectivity index (χ0v) is 27.9. The lowest BCUT2D eigenvalue weighted by Gasteiger charge is -2.47. The van der Waals surface area contributed by atoms with E-state index in [1.165, 1.54) is 0 Å². The van der Waals surface area contributed by atoms with Crippen molar-refractivity contribution in [3.05, 3.63) is 35.4 Å². The van der Waals surface area contributed by atoms with Crippen molar-refractivity contribution in [1.29, 1.82) is 0 Å². The highest BCUT2D eigenvalue weighted by Gasteiger charge is 2.54. The smallest absolute Gasteiger partial charge is 0.305 e. The predicted molar refractivity (Wildman–Crippen MR) is 172 cm³/mol. The summed E-state index contributed by atoms with van der Waals surface area (Å²) in [4.78, 5) is 48.0. The van der Waals surface area contributed by atoms with Crippen LogP contribution in [0.1, 0.15) is 122 Å². The van der Waals surface area contributed by atoms with Gasteiger partial charge in [0.25, 0.3) is 11.8 Å². The van der Waals surface area contributed by atoms with Crippen molar-refractivity contribution in [2.75, 3.05) is 26.3 Å². The van der Waals surface area contributed by atoms with Crippen LogP contribution in [0.15, 0.2) is 29.3 Å². The predicted octanol–water partition coefficient (Wildman–Crippen LogP) is 6.04. The fraction of sp³-hybridized carbons (Fsp3) is 0.714. The van der Waals surface area contributed by atoms with Crippen molar-refractivity contribution >= 4 is 23.6 Å². The standard InChI is InChI=1S/C35H54N4O5/c1-8-27-23-44-22-21-38(27)30-32(43)39(35(37-30)18-13-26(14-19-35)34(5,6)7)28(15-17-33(2,3)4)24-9-11-25(12-10-24)31(42)36-20-16-29(40)41/h9-12,26-28H,8,13-23H2,1-7H3,(H,36,42)(H,40,41)/t26?,27?,28-,35?/m1/s1. The molecule has 1 saturated heterocycles. The highest BCUT2D eigenvalue weighted by Crippen LogP contribution is 2.50. The molecule has 2 amide bonds. The molecule has 1 saturated carbocycles. The van der Waals surface area contributed by atoms with Gasteiger partial charge in [-0.05, 0) is 79.4 Å². The number of carboxylic acid groups (broad SMARTS) is 1. The number of morpholine rings is 1. The number of amidine groups is 1. The van der Waals surface area contributed by atoms with Gasteiger partial charge in [0.1, 0.15) is 5.66 Å². The number of carboxylic acids is 1. The topological polar surface area (TPSA) is 112 Å². The fourth-order valence-electron chi connectivity index (χ4n) is 7.04. The third kappa shape index (κ3) is 7.82. The molecule has 1 spiro atoms. The lowest BCUT2D eigenvalue weighted by Crippen LogP contribution is -2.54. The summed E-state index contributed by atoms with van der Waals surface area (Å²) in [7, 11) is 0. The minimum Gasteiger partial charge on any atom is -0.481 e. The van der Waals surface area contributed by atoms with E-state index in [0.717, 1.165) is 50.5 Å². The third-order valence-corrected chi connectivity index (χ3v) is 9.82. The second kappa shape index (κ2) is 13.6. The average molecular weight is 611 g/mol. The summed E-state index contributed by atoms with van der Waals surface area (Å²) in [5.74, 6) is -0.0876. The molecule has 9 heteroatoms. The molecule has 1 aromatic rings. The van der Waals surface area contributed by atoms with E-state index in [2.05, 4.69) is 63.6 Å². The van der Waals surface area contributed by atoms with E-state index in [4.69, 9.17) is 14.8 Å². The van der Waals surface area contributed by atoms with Gasteiger partial charge < -0.3 is 25.0 Å². The van der Waals surface area contributed by atoms with Crippen molar-refractivity contribution in [2.45, 2.75) is 118 Å². The minimum atomic E-state index is -0.952. The number of amides is 2. The summed E-state index contributed by atoms with van der Waals surface area (Å²) < 4.78 is 5.79. The molecule has 2 atom stereocenters. The highest BCUT2D eigenvalue weighted by atomic mass is 16.5. The summed E-state index contributed by atoms with van der Waals surface area (Å²) in [5, 5.41) is 11.6. The fourth-order valence-corrected chi connectivity index (χ4v) is 7.04. The maximum atomic E-state index is 14.7. The summed E-state index contributed by atoms with van der Waals surface area (Å²) in [6.07, 6.45) is 6.17. The Labute approximate surface area is 263 Å². The van der Waals surface area contributed by atoms with Gasteiger partial charge in [-0.3, -0.25) is 14.4 Å². The number of carbonyl (C=O) groups excluding carboxylic acids is 2. The lowest BCUT2D eigenvalue weighted by atomic mass is 9.69. The molecule has 2 fully saturated rings. The van der Waals surface area contributed by atoms with Gasteiger partial charge in [0.15, 0.2) is 5.84 Å². The van der Waals surface area contributed by atoms with Crippen molar-refractivity contribution < 1.29 is 24.2 Å². The Morgan fingerprint density at radius 1 is 1.11 bits per heavy atom. The van der Waals surface area contributed by atoms with E-state index >= 15 is 0 Å². The normalized spacial score (nSPS) is 25.2. The Morgan fingerprint density at radius 2 is 1.77 bits per heavy atom. The first-order valence-corrected chi connectivity index (χ1v) is 16.5. The number of carbonyl (C=O) groups is 3. The maximum absolute atomic E-state index is 14.7. The van der Waals surface area contributed by atoms with Crippen LogP contribution in [0.2, 0.25) is 0 Å². The first kappa shape index (κ1) is 33.9. The Hall–Kier alpha value is -2.94. The minimum absolute atomic E-state index is 0.00829.